The van der Waals surface area contributed by atoms with Gasteiger partial charge in [-0.25, -0.2) is 4.98 Å². The van der Waals surface area contributed by atoms with Gasteiger partial charge in [0.15, 0.2) is 5.13 Å². The quantitative estimate of drug-likeness (QED) is 0.561. The summed E-state index contributed by atoms with van der Waals surface area (Å²) in [6.07, 6.45) is 0. The lowest BCUT2D eigenvalue weighted by Gasteiger charge is -2.34. The second kappa shape index (κ2) is 8.91. The number of piperazine rings is 1. The standard InChI is InChI=1S/C21H23ClN4O2S2/c1-3-24(4-2)21-23-18-16(30-21)13-17(29-18)20(28)26-10-8-25(9-11-26)19(27)14-6-5-7-15(22)12-14/h5-7,12-13H,3-4,8-11H2,1-2H3. The highest BCUT2D eigenvalue weighted by Crippen LogP contribution is 2.35. The first-order chi connectivity index (χ1) is 14.5. The van der Waals surface area contributed by atoms with E-state index in [0.717, 1.165) is 27.8 Å². The molecular formula is C21H23ClN4O2S2. The zero-order valence-corrected chi connectivity index (χ0v) is 19.3. The molecule has 0 N–H and O–H groups in total. The van der Waals surface area contributed by atoms with E-state index in [4.69, 9.17) is 16.6 Å². The number of rotatable bonds is 5. The monoisotopic (exact) mass is 462 g/mol. The highest BCUT2D eigenvalue weighted by Gasteiger charge is 2.27. The molecule has 3 heterocycles. The van der Waals surface area contributed by atoms with Gasteiger partial charge in [-0.2, -0.15) is 0 Å². The number of amides is 2. The van der Waals surface area contributed by atoms with Gasteiger partial charge in [-0.3, -0.25) is 9.59 Å². The third kappa shape index (κ3) is 4.17. The number of carbonyl (C=O) groups excluding carboxylic acids is 2. The molecule has 3 aromatic rings. The van der Waals surface area contributed by atoms with Crippen molar-refractivity contribution in [1.29, 1.82) is 0 Å². The minimum absolute atomic E-state index is 0.0180. The van der Waals surface area contributed by atoms with E-state index in [0.29, 0.717) is 41.6 Å². The van der Waals surface area contributed by atoms with Gasteiger partial charge in [0, 0.05) is 49.9 Å². The first-order valence-corrected chi connectivity index (χ1v) is 12.0. The van der Waals surface area contributed by atoms with Crippen LogP contribution in [0.2, 0.25) is 5.02 Å². The van der Waals surface area contributed by atoms with Crippen molar-refractivity contribution in [3.05, 3.63) is 45.8 Å². The molecule has 1 fully saturated rings. The van der Waals surface area contributed by atoms with Crippen LogP contribution in [0.3, 0.4) is 0 Å². The van der Waals surface area contributed by atoms with Crippen LogP contribution >= 0.6 is 34.3 Å². The van der Waals surface area contributed by atoms with Crippen LogP contribution in [0.4, 0.5) is 5.13 Å². The lowest BCUT2D eigenvalue weighted by atomic mass is 10.2. The molecule has 0 bridgehead atoms. The van der Waals surface area contributed by atoms with Crippen molar-refractivity contribution in [2.24, 2.45) is 0 Å². The molecule has 9 heteroatoms. The predicted molar refractivity (Wildman–Crippen MR) is 124 cm³/mol. The van der Waals surface area contributed by atoms with Gasteiger partial charge < -0.3 is 14.7 Å². The van der Waals surface area contributed by atoms with E-state index in [1.54, 1.807) is 40.5 Å². The number of benzene rings is 1. The Bertz CT molecular complexity index is 1040. The largest absolute Gasteiger partial charge is 0.349 e. The van der Waals surface area contributed by atoms with E-state index < -0.39 is 0 Å². The van der Waals surface area contributed by atoms with E-state index in [-0.39, 0.29) is 11.8 Å². The Balaban J connectivity index is 1.40. The third-order valence-electron chi connectivity index (χ3n) is 5.25. The molecule has 2 amide bonds. The Kier molecular flexibility index (Phi) is 6.26. The average molecular weight is 463 g/mol. The summed E-state index contributed by atoms with van der Waals surface area (Å²) in [5.74, 6) is -0.0289. The minimum Gasteiger partial charge on any atom is -0.349 e. The molecular weight excluding hydrogens is 440 g/mol. The van der Waals surface area contributed by atoms with E-state index in [9.17, 15) is 9.59 Å². The fraction of sp³-hybridized carbons (Fsp3) is 0.381. The maximum atomic E-state index is 13.0. The molecule has 0 spiro atoms. The second-order valence-electron chi connectivity index (χ2n) is 7.04. The zero-order valence-electron chi connectivity index (χ0n) is 16.9. The van der Waals surface area contributed by atoms with Crippen LogP contribution in [0.5, 0.6) is 0 Å². The number of fused-ring (bicyclic) bond motifs is 1. The number of hydrogen-bond donors (Lipinski definition) is 0. The van der Waals surface area contributed by atoms with Gasteiger partial charge in [-0.15, -0.1) is 11.3 Å². The zero-order chi connectivity index (χ0) is 21.3. The molecule has 6 nitrogen and oxygen atoms in total. The lowest BCUT2D eigenvalue weighted by molar-refractivity contribution is 0.0538. The normalized spacial score (nSPS) is 14.4. The summed E-state index contributed by atoms with van der Waals surface area (Å²) in [6, 6.07) is 8.93. The number of aromatic nitrogens is 1. The summed E-state index contributed by atoms with van der Waals surface area (Å²) in [4.78, 5) is 37.8. The molecule has 1 saturated heterocycles. The van der Waals surface area contributed by atoms with Crippen LogP contribution in [0.25, 0.3) is 9.53 Å². The molecule has 0 saturated carbocycles. The van der Waals surface area contributed by atoms with Crippen molar-refractivity contribution in [3.63, 3.8) is 0 Å². The van der Waals surface area contributed by atoms with E-state index in [1.165, 1.54) is 11.3 Å². The van der Waals surface area contributed by atoms with Crippen molar-refractivity contribution >= 4 is 60.8 Å². The van der Waals surface area contributed by atoms with Crippen molar-refractivity contribution in [2.75, 3.05) is 44.2 Å². The smallest absolute Gasteiger partial charge is 0.264 e. The molecule has 1 aliphatic heterocycles. The molecule has 0 unspecified atom stereocenters. The van der Waals surface area contributed by atoms with E-state index in [2.05, 4.69) is 18.7 Å². The Morgan fingerprint density at radius 2 is 1.70 bits per heavy atom. The first-order valence-electron chi connectivity index (χ1n) is 9.99. The predicted octanol–water partition coefficient (Wildman–Crippen LogP) is 4.46. The number of thiophene rings is 1. The fourth-order valence-electron chi connectivity index (χ4n) is 3.53. The van der Waals surface area contributed by atoms with E-state index in [1.807, 2.05) is 11.0 Å². The summed E-state index contributed by atoms with van der Waals surface area (Å²) in [5, 5.41) is 1.55. The van der Waals surface area contributed by atoms with Crippen LogP contribution in [0.1, 0.15) is 33.9 Å². The highest BCUT2D eigenvalue weighted by molar-refractivity contribution is 7.29. The Hall–Kier alpha value is -2.16. The number of halogens is 1. The van der Waals surface area contributed by atoms with Gasteiger partial charge in [0.05, 0.1) is 9.58 Å². The summed E-state index contributed by atoms with van der Waals surface area (Å²) in [6.45, 7) is 8.14. The lowest BCUT2D eigenvalue weighted by Crippen LogP contribution is -2.50. The summed E-state index contributed by atoms with van der Waals surface area (Å²) >= 11 is 9.08. The van der Waals surface area contributed by atoms with Crippen LogP contribution in [-0.2, 0) is 0 Å². The van der Waals surface area contributed by atoms with E-state index >= 15 is 0 Å². The first kappa shape index (κ1) is 21.1. The third-order valence-corrected chi connectivity index (χ3v) is 7.69. The Labute approximate surface area is 188 Å². The fourth-order valence-corrected chi connectivity index (χ4v) is 6.03. The summed E-state index contributed by atoms with van der Waals surface area (Å²) in [7, 11) is 0. The van der Waals surface area contributed by atoms with Crippen LogP contribution < -0.4 is 4.90 Å². The van der Waals surface area contributed by atoms with Crippen molar-refractivity contribution < 1.29 is 9.59 Å². The molecule has 1 aromatic carbocycles. The SMILES string of the molecule is CCN(CC)c1nc2sc(C(=O)N3CCN(C(=O)c4cccc(Cl)c4)CC3)cc2s1. The van der Waals surface area contributed by atoms with Crippen molar-refractivity contribution in [1.82, 2.24) is 14.8 Å². The summed E-state index contributed by atoms with van der Waals surface area (Å²) in [5.41, 5.74) is 0.579. The second-order valence-corrected chi connectivity index (χ2v) is 9.52. The number of nitrogens with zero attached hydrogens (tertiary/aromatic N) is 4. The molecule has 30 heavy (non-hydrogen) atoms. The topological polar surface area (TPSA) is 56.8 Å². The van der Waals surface area contributed by atoms with Crippen LogP contribution in [-0.4, -0.2) is 65.9 Å². The van der Waals surface area contributed by atoms with Gasteiger partial charge in [-0.1, -0.05) is 29.0 Å². The summed E-state index contributed by atoms with van der Waals surface area (Å²) < 4.78 is 1.06. The molecule has 4 rings (SSSR count). The molecule has 0 radical (unpaired) electrons. The molecule has 0 atom stereocenters. The minimum atomic E-state index is -0.0469. The Morgan fingerprint density at radius 1 is 1.03 bits per heavy atom. The highest BCUT2D eigenvalue weighted by atomic mass is 35.5. The Morgan fingerprint density at radius 3 is 2.30 bits per heavy atom. The van der Waals surface area contributed by atoms with Crippen molar-refractivity contribution in [3.8, 4) is 0 Å². The number of thiazole rings is 1. The average Bonchev–Trinajstić information content (AvgIpc) is 3.33. The molecule has 1 aliphatic rings. The maximum absolute atomic E-state index is 13.0. The van der Waals surface area contributed by atoms with Crippen LogP contribution in [0.15, 0.2) is 30.3 Å². The number of carbonyl (C=O) groups is 2. The van der Waals surface area contributed by atoms with Gasteiger partial charge in [0.25, 0.3) is 11.8 Å². The van der Waals surface area contributed by atoms with Gasteiger partial charge in [0.1, 0.15) is 4.83 Å². The van der Waals surface area contributed by atoms with Gasteiger partial charge in [-0.05, 0) is 38.1 Å². The number of hydrogen-bond acceptors (Lipinski definition) is 6. The van der Waals surface area contributed by atoms with Crippen molar-refractivity contribution in [2.45, 2.75) is 13.8 Å². The molecule has 0 aliphatic carbocycles. The van der Waals surface area contributed by atoms with Gasteiger partial charge in [0.2, 0.25) is 0 Å². The van der Waals surface area contributed by atoms with Gasteiger partial charge >= 0.3 is 0 Å². The molecule has 2 aromatic heterocycles. The van der Waals surface area contributed by atoms with Crippen LogP contribution in [0, 0.1) is 0 Å². The maximum Gasteiger partial charge on any atom is 0.264 e. The number of anilines is 1. The molecule has 158 valence electrons.